The normalized spacial score (nSPS) is 30.0. The Bertz CT molecular complexity index is 1020. The van der Waals surface area contributed by atoms with Crippen LogP contribution in [0, 0.1) is 6.57 Å². The van der Waals surface area contributed by atoms with Gasteiger partial charge in [-0.2, -0.15) is 0 Å². The highest BCUT2D eigenvalue weighted by molar-refractivity contribution is 8.00. The minimum Gasteiger partial charge on any atom is -0.377 e. The van der Waals surface area contributed by atoms with E-state index in [9.17, 15) is 5.53 Å². The molecule has 1 aromatic heterocycles. The molecule has 2 aliphatic rings. The zero-order chi connectivity index (χ0) is 21.8. The number of aromatic nitrogens is 1. The van der Waals surface area contributed by atoms with Gasteiger partial charge in [0.25, 0.3) is 5.82 Å². The molecular weight excluding hydrogens is 442 g/mol. The number of hydrogen-bond donors (Lipinski definition) is 0. The number of halogens is 1. The first kappa shape index (κ1) is 21.9. The fourth-order valence-corrected chi connectivity index (χ4v) is 5.07. The second kappa shape index (κ2) is 9.85. The molecule has 1 aromatic carbocycles. The zero-order valence-electron chi connectivity index (χ0n) is 16.4. The van der Waals surface area contributed by atoms with Gasteiger partial charge in [0.05, 0.1) is 17.7 Å². The highest BCUT2D eigenvalue weighted by Gasteiger charge is 2.50. The van der Waals surface area contributed by atoms with Crippen molar-refractivity contribution in [1.82, 2.24) is 4.98 Å². The van der Waals surface area contributed by atoms with Crippen molar-refractivity contribution in [1.29, 1.82) is 0 Å². The van der Waals surface area contributed by atoms with Crippen molar-refractivity contribution in [3.8, 4) is 0 Å². The fraction of sp³-hybridized carbons (Fsp3) is 0.400. The van der Waals surface area contributed by atoms with Crippen molar-refractivity contribution in [3.05, 3.63) is 75.0 Å². The van der Waals surface area contributed by atoms with Crippen molar-refractivity contribution >= 4 is 29.2 Å². The van der Waals surface area contributed by atoms with Crippen LogP contribution in [0.1, 0.15) is 11.9 Å². The Kier molecular flexibility index (Phi) is 6.95. The minimum atomic E-state index is -0.662. The lowest BCUT2D eigenvalue weighted by Crippen LogP contribution is -2.60. The number of ether oxygens (including phenoxy) is 4. The second-order valence-electron chi connectivity index (χ2n) is 6.82. The van der Waals surface area contributed by atoms with E-state index in [1.807, 2.05) is 30.3 Å². The molecule has 0 bridgehead atoms. The summed E-state index contributed by atoms with van der Waals surface area (Å²) >= 11 is 7.31. The number of hydrogen-bond acceptors (Lipinski definition) is 7. The molecule has 9 nitrogen and oxygen atoms in total. The van der Waals surface area contributed by atoms with Gasteiger partial charge in [-0.1, -0.05) is 53.6 Å². The molecule has 2 aliphatic heterocycles. The van der Waals surface area contributed by atoms with E-state index in [1.165, 1.54) is 25.1 Å². The number of benzene rings is 1. The van der Waals surface area contributed by atoms with Crippen molar-refractivity contribution < 1.29 is 18.9 Å². The van der Waals surface area contributed by atoms with E-state index in [4.69, 9.17) is 37.1 Å². The maximum absolute atomic E-state index is 9.20. The Labute approximate surface area is 188 Å². The standard InChI is InChI=1S/C20H18ClN5O4S/c1-23-18-14(8-12(21)9-24-18)31-20-17(27-2)15(25-26-22)16-13(29-20)10-28-19(30-16)11-6-4-3-5-7-11/h3-9,13,15-17,19-20H,10H2,2H3/t13?,15-,16-,17?,19?,20+/m0/s1. The molecule has 2 saturated heterocycles. The van der Waals surface area contributed by atoms with Crippen LogP contribution in [0.4, 0.5) is 5.82 Å². The average molecular weight is 460 g/mol. The van der Waals surface area contributed by atoms with E-state index in [1.54, 1.807) is 6.07 Å². The monoisotopic (exact) mass is 459 g/mol. The molecule has 3 unspecified atom stereocenters. The molecule has 6 atom stereocenters. The topological polar surface area (TPSA) is 103 Å². The molecule has 2 aromatic rings. The number of nitrogens with zero attached hydrogens (tertiary/aromatic N) is 5. The Morgan fingerprint density at radius 1 is 1.32 bits per heavy atom. The quantitative estimate of drug-likeness (QED) is 0.272. The van der Waals surface area contributed by atoms with Crippen LogP contribution in [0.2, 0.25) is 5.02 Å². The molecule has 0 amide bonds. The van der Waals surface area contributed by atoms with Gasteiger partial charge in [0, 0.05) is 22.5 Å². The largest absolute Gasteiger partial charge is 0.377 e. The summed E-state index contributed by atoms with van der Waals surface area (Å²) in [6.07, 6.45) is -0.860. The molecule has 31 heavy (non-hydrogen) atoms. The second-order valence-corrected chi connectivity index (χ2v) is 8.40. The molecule has 160 valence electrons. The van der Waals surface area contributed by atoms with E-state index in [-0.39, 0.29) is 12.4 Å². The highest BCUT2D eigenvalue weighted by atomic mass is 35.5. The van der Waals surface area contributed by atoms with Crippen LogP contribution >= 0.6 is 23.4 Å². The summed E-state index contributed by atoms with van der Waals surface area (Å²) in [4.78, 5) is 11.1. The lowest BCUT2D eigenvalue weighted by atomic mass is 9.96. The van der Waals surface area contributed by atoms with Gasteiger partial charge in [0.1, 0.15) is 29.9 Å². The van der Waals surface area contributed by atoms with E-state index >= 15 is 0 Å². The van der Waals surface area contributed by atoms with Gasteiger partial charge in [-0.25, -0.2) is 0 Å². The Morgan fingerprint density at radius 2 is 2.13 bits per heavy atom. The number of fused-ring (bicyclic) bond motifs is 1. The molecular formula is C20H18ClN5O4S. The van der Waals surface area contributed by atoms with E-state index in [0.717, 1.165) is 5.56 Å². The Balaban J connectivity index is 1.60. The van der Waals surface area contributed by atoms with Gasteiger partial charge in [-0.15, -0.1) is 16.7 Å². The summed E-state index contributed by atoms with van der Waals surface area (Å²) in [5.74, 6) is 0.204. The lowest BCUT2D eigenvalue weighted by Gasteiger charge is -2.47. The molecule has 0 aliphatic carbocycles. The summed E-state index contributed by atoms with van der Waals surface area (Å²) in [5.41, 5.74) is 9.47. The number of thioether (sulfide) groups is 1. The Morgan fingerprint density at radius 3 is 2.84 bits per heavy atom. The van der Waals surface area contributed by atoms with Gasteiger partial charge >= 0.3 is 0 Å². The van der Waals surface area contributed by atoms with E-state index in [2.05, 4.69) is 19.9 Å². The Hall–Kier alpha value is -2.35. The van der Waals surface area contributed by atoms with Crippen LogP contribution in [0.5, 0.6) is 0 Å². The smallest absolute Gasteiger partial charge is 0.283 e. The van der Waals surface area contributed by atoms with Gasteiger partial charge in [-0.05, 0) is 11.6 Å². The molecule has 3 heterocycles. The van der Waals surface area contributed by atoms with Crippen molar-refractivity contribution in [2.45, 2.75) is 41.0 Å². The van der Waals surface area contributed by atoms with Crippen LogP contribution in [0.15, 0.2) is 52.6 Å². The third-order valence-corrected chi connectivity index (χ3v) is 6.36. The summed E-state index contributed by atoms with van der Waals surface area (Å²) in [7, 11) is 1.52. The van der Waals surface area contributed by atoms with Crippen molar-refractivity contribution in [2.75, 3.05) is 13.7 Å². The molecule has 0 N–H and O–H groups in total. The van der Waals surface area contributed by atoms with Crippen LogP contribution in [0.3, 0.4) is 0 Å². The molecule has 0 spiro atoms. The summed E-state index contributed by atoms with van der Waals surface area (Å²) in [5, 5.41) is 4.38. The van der Waals surface area contributed by atoms with Crippen LogP contribution in [-0.2, 0) is 18.9 Å². The first-order valence-electron chi connectivity index (χ1n) is 9.38. The first-order valence-corrected chi connectivity index (χ1v) is 10.6. The summed E-state index contributed by atoms with van der Waals surface area (Å²) in [6, 6.07) is 10.5. The molecule has 0 saturated carbocycles. The molecule has 0 radical (unpaired) electrons. The van der Waals surface area contributed by atoms with Crippen LogP contribution in [-0.4, -0.2) is 48.5 Å². The first-order chi connectivity index (χ1) is 15.1. The average Bonchev–Trinajstić information content (AvgIpc) is 2.80. The fourth-order valence-electron chi connectivity index (χ4n) is 3.59. The summed E-state index contributed by atoms with van der Waals surface area (Å²) < 4.78 is 23.9. The van der Waals surface area contributed by atoms with Gasteiger partial charge in [-0.3, -0.25) is 0 Å². The van der Waals surface area contributed by atoms with Gasteiger partial charge in [0.15, 0.2) is 6.29 Å². The number of azide groups is 1. The lowest BCUT2D eigenvalue weighted by molar-refractivity contribution is -0.298. The third kappa shape index (κ3) is 4.63. The number of pyridine rings is 1. The van der Waals surface area contributed by atoms with Crippen molar-refractivity contribution in [2.24, 2.45) is 5.11 Å². The molecule has 11 heteroatoms. The summed E-state index contributed by atoms with van der Waals surface area (Å²) in [6.45, 7) is 7.60. The SMILES string of the molecule is [C-]#[N+]c1ncc(Cl)cc1S[C@H]1OC2COC(c3ccccc3)O[C@@H]2[C@H](N=[N+]=[N-])C1OC. The van der Waals surface area contributed by atoms with E-state index in [0.29, 0.717) is 9.92 Å². The van der Waals surface area contributed by atoms with E-state index < -0.39 is 36.1 Å². The maximum Gasteiger partial charge on any atom is 0.283 e. The third-order valence-electron chi connectivity index (χ3n) is 4.99. The molecule has 4 rings (SSSR count). The number of methoxy groups -OCH3 is 1. The zero-order valence-corrected chi connectivity index (χ0v) is 17.9. The maximum atomic E-state index is 9.20. The van der Waals surface area contributed by atoms with Crippen LogP contribution in [0.25, 0.3) is 15.3 Å². The minimum absolute atomic E-state index is 0.204. The van der Waals surface area contributed by atoms with Gasteiger partial charge < -0.3 is 23.8 Å². The molecule has 2 fully saturated rings. The number of rotatable bonds is 5. The predicted molar refractivity (Wildman–Crippen MR) is 114 cm³/mol. The van der Waals surface area contributed by atoms with Crippen LogP contribution < -0.4 is 0 Å². The highest BCUT2D eigenvalue weighted by Crippen LogP contribution is 2.43. The van der Waals surface area contributed by atoms with Gasteiger partial charge in [0.2, 0.25) is 0 Å². The predicted octanol–water partition coefficient (Wildman–Crippen LogP) is 4.91. The van der Waals surface area contributed by atoms with Crippen molar-refractivity contribution in [3.63, 3.8) is 0 Å².